The molecule has 1 unspecified atom stereocenters. The number of aromatic nitrogens is 1. The maximum Gasteiger partial charge on any atom is 0.296 e. The van der Waals surface area contributed by atoms with E-state index in [1.54, 1.807) is 42.6 Å². The summed E-state index contributed by atoms with van der Waals surface area (Å²) >= 11 is 0. The second-order valence-electron chi connectivity index (χ2n) is 8.07. The Kier molecular flexibility index (Phi) is 5.94. The number of ether oxygens (including phenoxy) is 2. The fourth-order valence-electron chi connectivity index (χ4n) is 4.29. The van der Waals surface area contributed by atoms with Crippen LogP contribution in [0.2, 0.25) is 0 Å². The standard InChI is InChI=1S/C27H23FN2O5/c1-3-13-34-20-10-8-16(14-21(20)33-4-2)24-23-25(31)18-15-17(28)9-11-19(18)35-26(23)27(32)30(24)22-7-5-6-12-29-22/h5-12,14-15,24H,3-4,13H2,1-2H3. The topological polar surface area (TPSA) is 81.9 Å². The highest BCUT2D eigenvalue weighted by Gasteiger charge is 2.44. The number of rotatable bonds is 7. The lowest BCUT2D eigenvalue weighted by molar-refractivity contribution is 0.0970. The van der Waals surface area contributed by atoms with Gasteiger partial charge >= 0.3 is 0 Å². The largest absolute Gasteiger partial charge is 0.490 e. The van der Waals surface area contributed by atoms with Gasteiger partial charge in [-0.25, -0.2) is 9.37 Å². The lowest BCUT2D eigenvalue weighted by atomic mass is 9.98. The second kappa shape index (κ2) is 9.21. The van der Waals surface area contributed by atoms with Crippen LogP contribution in [0.4, 0.5) is 10.2 Å². The molecule has 178 valence electrons. The maximum absolute atomic E-state index is 14.0. The van der Waals surface area contributed by atoms with Crippen LogP contribution < -0.4 is 19.8 Å². The number of benzene rings is 2. The average Bonchev–Trinajstić information content (AvgIpc) is 3.17. The molecule has 4 aromatic rings. The van der Waals surface area contributed by atoms with Crippen LogP contribution in [-0.4, -0.2) is 24.1 Å². The lowest BCUT2D eigenvalue weighted by Crippen LogP contribution is -2.30. The van der Waals surface area contributed by atoms with E-state index in [9.17, 15) is 14.0 Å². The predicted octanol–water partition coefficient (Wildman–Crippen LogP) is 5.26. The zero-order chi connectivity index (χ0) is 24.5. The minimum Gasteiger partial charge on any atom is -0.490 e. The fraction of sp³-hybridized carbons (Fsp3) is 0.222. The van der Waals surface area contributed by atoms with Gasteiger partial charge in [-0.1, -0.05) is 19.1 Å². The van der Waals surface area contributed by atoms with Crippen molar-refractivity contribution in [3.63, 3.8) is 0 Å². The normalized spacial score (nSPS) is 14.9. The van der Waals surface area contributed by atoms with Crippen molar-refractivity contribution in [2.24, 2.45) is 0 Å². The third-order valence-corrected chi connectivity index (χ3v) is 5.77. The van der Waals surface area contributed by atoms with E-state index >= 15 is 0 Å². The third kappa shape index (κ3) is 3.90. The summed E-state index contributed by atoms with van der Waals surface area (Å²) in [6, 6.07) is 13.3. The summed E-state index contributed by atoms with van der Waals surface area (Å²) in [5, 5.41) is 0.0670. The molecule has 0 saturated carbocycles. The first-order valence-corrected chi connectivity index (χ1v) is 11.4. The fourth-order valence-corrected chi connectivity index (χ4v) is 4.29. The minimum absolute atomic E-state index is 0.0670. The summed E-state index contributed by atoms with van der Waals surface area (Å²) in [6.45, 7) is 4.79. The van der Waals surface area contributed by atoms with Crippen LogP contribution in [0, 0.1) is 5.82 Å². The Labute approximate surface area is 200 Å². The van der Waals surface area contributed by atoms with E-state index in [1.165, 1.54) is 17.0 Å². The Bertz CT molecular complexity index is 1470. The molecule has 0 fully saturated rings. The van der Waals surface area contributed by atoms with Gasteiger partial charge in [0.1, 0.15) is 17.2 Å². The summed E-state index contributed by atoms with van der Waals surface area (Å²) in [5.41, 5.74) is 0.409. The van der Waals surface area contributed by atoms with Crippen LogP contribution in [0.1, 0.15) is 48.0 Å². The van der Waals surface area contributed by atoms with Gasteiger partial charge in [-0.15, -0.1) is 0 Å². The molecule has 5 rings (SSSR count). The molecule has 7 nitrogen and oxygen atoms in total. The molecule has 1 amide bonds. The Hall–Kier alpha value is -4.20. The van der Waals surface area contributed by atoms with E-state index in [1.807, 2.05) is 13.8 Å². The number of hydrogen-bond acceptors (Lipinski definition) is 6. The van der Waals surface area contributed by atoms with Gasteiger partial charge in [-0.2, -0.15) is 0 Å². The van der Waals surface area contributed by atoms with Gasteiger partial charge in [0.2, 0.25) is 5.76 Å². The molecule has 2 aromatic carbocycles. The molecule has 1 aliphatic heterocycles. The molecular formula is C27H23FN2O5. The number of carbonyl (C=O) groups excluding carboxylic acids is 1. The Morgan fingerprint density at radius 1 is 1.03 bits per heavy atom. The van der Waals surface area contributed by atoms with Gasteiger partial charge in [-0.05, 0) is 61.4 Å². The van der Waals surface area contributed by atoms with Crippen molar-refractivity contribution >= 4 is 22.7 Å². The summed E-state index contributed by atoms with van der Waals surface area (Å²) in [7, 11) is 0. The van der Waals surface area contributed by atoms with Crippen molar-refractivity contribution in [1.82, 2.24) is 4.98 Å². The summed E-state index contributed by atoms with van der Waals surface area (Å²) < 4.78 is 31.5. The molecule has 35 heavy (non-hydrogen) atoms. The smallest absolute Gasteiger partial charge is 0.296 e. The van der Waals surface area contributed by atoms with Gasteiger partial charge in [0.05, 0.1) is 30.2 Å². The molecule has 0 aliphatic carbocycles. The number of fused-ring (bicyclic) bond motifs is 2. The number of halogens is 1. The van der Waals surface area contributed by atoms with Crippen molar-refractivity contribution < 1.29 is 23.1 Å². The molecular weight excluding hydrogens is 451 g/mol. The molecule has 0 N–H and O–H groups in total. The first kappa shape index (κ1) is 22.6. The van der Waals surface area contributed by atoms with Gasteiger partial charge in [-0.3, -0.25) is 14.5 Å². The van der Waals surface area contributed by atoms with Crippen LogP contribution >= 0.6 is 0 Å². The van der Waals surface area contributed by atoms with E-state index in [4.69, 9.17) is 13.9 Å². The number of amides is 1. The Morgan fingerprint density at radius 3 is 2.63 bits per heavy atom. The predicted molar refractivity (Wildman–Crippen MR) is 129 cm³/mol. The van der Waals surface area contributed by atoms with E-state index in [0.29, 0.717) is 36.1 Å². The van der Waals surface area contributed by atoms with E-state index in [2.05, 4.69) is 4.98 Å². The van der Waals surface area contributed by atoms with Crippen molar-refractivity contribution in [1.29, 1.82) is 0 Å². The van der Waals surface area contributed by atoms with Gasteiger partial charge in [0, 0.05) is 6.20 Å². The van der Waals surface area contributed by atoms with Crippen molar-refractivity contribution in [2.45, 2.75) is 26.3 Å². The zero-order valence-corrected chi connectivity index (χ0v) is 19.3. The van der Waals surface area contributed by atoms with Crippen molar-refractivity contribution in [3.8, 4) is 11.5 Å². The number of pyridine rings is 1. The molecule has 3 heterocycles. The van der Waals surface area contributed by atoms with Gasteiger partial charge in [0.25, 0.3) is 5.91 Å². The molecule has 2 aromatic heterocycles. The number of hydrogen-bond donors (Lipinski definition) is 0. The highest BCUT2D eigenvalue weighted by Crippen LogP contribution is 2.42. The highest BCUT2D eigenvalue weighted by atomic mass is 19.1. The molecule has 8 heteroatoms. The average molecular weight is 474 g/mol. The number of anilines is 1. The molecule has 0 radical (unpaired) electrons. The molecule has 0 bridgehead atoms. The van der Waals surface area contributed by atoms with Crippen LogP contribution in [0.15, 0.2) is 70.0 Å². The second-order valence-corrected chi connectivity index (χ2v) is 8.07. The Balaban J connectivity index is 1.75. The summed E-state index contributed by atoms with van der Waals surface area (Å²) in [4.78, 5) is 33.0. The Morgan fingerprint density at radius 2 is 1.89 bits per heavy atom. The summed E-state index contributed by atoms with van der Waals surface area (Å²) in [5.74, 6) is 0.261. The SMILES string of the molecule is CCCOc1ccc(C2c3c(oc4ccc(F)cc4c3=O)C(=O)N2c2ccccn2)cc1OCC. The first-order chi connectivity index (χ1) is 17.0. The van der Waals surface area contributed by atoms with E-state index < -0.39 is 23.2 Å². The van der Waals surface area contributed by atoms with Crippen LogP contribution in [0.3, 0.4) is 0 Å². The number of carbonyl (C=O) groups is 1. The van der Waals surface area contributed by atoms with E-state index in [-0.39, 0.29) is 22.3 Å². The van der Waals surface area contributed by atoms with Crippen molar-refractivity contribution in [3.05, 3.63) is 93.7 Å². The highest BCUT2D eigenvalue weighted by molar-refractivity contribution is 6.10. The van der Waals surface area contributed by atoms with Crippen LogP contribution in [0.5, 0.6) is 11.5 Å². The van der Waals surface area contributed by atoms with Crippen LogP contribution in [0.25, 0.3) is 11.0 Å². The molecule has 0 saturated heterocycles. The monoisotopic (exact) mass is 474 g/mol. The van der Waals surface area contributed by atoms with Crippen LogP contribution in [-0.2, 0) is 0 Å². The molecule has 1 aliphatic rings. The maximum atomic E-state index is 14.0. The van der Waals surface area contributed by atoms with Gasteiger partial charge in [0.15, 0.2) is 16.9 Å². The third-order valence-electron chi connectivity index (χ3n) is 5.77. The lowest BCUT2D eigenvalue weighted by Gasteiger charge is -2.25. The number of nitrogens with zero attached hydrogens (tertiary/aromatic N) is 2. The molecule has 1 atom stereocenters. The minimum atomic E-state index is -0.851. The first-order valence-electron chi connectivity index (χ1n) is 11.4. The zero-order valence-electron chi connectivity index (χ0n) is 19.3. The van der Waals surface area contributed by atoms with E-state index in [0.717, 1.165) is 12.5 Å². The quantitative estimate of drug-likeness (QED) is 0.363. The summed E-state index contributed by atoms with van der Waals surface area (Å²) in [6.07, 6.45) is 2.40. The van der Waals surface area contributed by atoms with Gasteiger partial charge < -0.3 is 13.9 Å². The molecule has 0 spiro atoms. The van der Waals surface area contributed by atoms with Crippen molar-refractivity contribution in [2.75, 3.05) is 18.1 Å².